The fourth-order valence-corrected chi connectivity index (χ4v) is 2.26. The molecule has 1 aromatic carbocycles. The molecular formula is C13H15N3O2. The third-order valence-electron chi connectivity index (χ3n) is 3.20. The molecule has 0 saturated carbocycles. The van der Waals surface area contributed by atoms with Crippen LogP contribution in [-0.4, -0.2) is 31.1 Å². The van der Waals surface area contributed by atoms with Gasteiger partial charge in [0.15, 0.2) is 0 Å². The van der Waals surface area contributed by atoms with E-state index >= 15 is 0 Å². The van der Waals surface area contributed by atoms with Crippen LogP contribution in [0.2, 0.25) is 0 Å². The quantitative estimate of drug-likeness (QED) is 0.737. The average molecular weight is 245 g/mol. The van der Waals surface area contributed by atoms with Gasteiger partial charge in [-0.1, -0.05) is 0 Å². The van der Waals surface area contributed by atoms with Gasteiger partial charge in [-0.15, -0.1) is 0 Å². The van der Waals surface area contributed by atoms with Crippen molar-refractivity contribution in [3.05, 3.63) is 30.0 Å². The van der Waals surface area contributed by atoms with Crippen LogP contribution < -0.4 is 15.4 Å². The highest BCUT2D eigenvalue weighted by atomic mass is 16.5. The molecule has 0 bridgehead atoms. The molecule has 5 nitrogen and oxygen atoms in total. The number of fused-ring (bicyclic) bond motifs is 1. The zero-order valence-corrected chi connectivity index (χ0v) is 10.1. The van der Waals surface area contributed by atoms with Crippen molar-refractivity contribution < 1.29 is 9.53 Å². The highest BCUT2D eigenvalue weighted by molar-refractivity contribution is 5.87. The number of nitrogens with one attached hydrogen (secondary N) is 3. The Bertz CT molecular complexity index is 591. The van der Waals surface area contributed by atoms with E-state index in [0.29, 0.717) is 6.54 Å². The van der Waals surface area contributed by atoms with E-state index in [9.17, 15) is 4.79 Å². The molecule has 1 atom stereocenters. The first kappa shape index (κ1) is 11.1. The molecule has 1 aromatic heterocycles. The summed E-state index contributed by atoms with van der Waals surface area (Å²) in [5.74, 6) is 0.816. The summed E-state index contributed by atoms with van der Waals surface area (Å²) in [6.07, 6.45) is 0. The Labute approximate surface area is 105 Å². The minimum absolute atomic E-state index is 0.0137. The predicted molar refractivity (Wildman–Crippen MR) is 68.6 cm³/mol. The number of methoxy groups -OCH3 is 1. The number of aromatic nitrogens is 1. The fourth-order valence-electron chi connectivity index (χ4n) is 2.26. The van der Waals surface area contributed by atoms with E-state index in [1.807, 2.05) is 24.3 Å². The fraction of sp³-hybridized carbons (Fsp3) is 0.308. The first-order chi connectivity index (χ1) is 8.78. The number of aromatic amines is 1. The third-order valence-corrected chi connectivity index (χ3v) is 3.20. The third kappa shape index (κ3) is 1.82. The van der Waals surface area contributed by atoms with E-state index in [-0.39, 0.29) is 11.9 Å². The van der Waals surface area contributed by atoms with Gasteiger partial charge in [0.25, 0.3) is 0 Å². The normalized spacial score (nSPS) is 19.8. The van der Waals surface area contributed by atoms with Crippen molar-refractivity contribution in [1.29, 1.82) is 0 Å². The lowest BCUT2D eigenvalue weighted by atomic mass is 10.1. The molecule has 0 aliphatic carbocycles. The molecule has 3 N–H and O–H groups in total. The van der Waals surface area contributed by atoms with Crippen molar-refractivity contribution in [2.75, 3.05) is 20.2 Å². The van der Waals surface area contributed by atoms with Gasteiger partial charge in [-0.3, -0.25) is 10.1 Å². The van der Waals surface area contributed by atoms with Crippen LogP contribution in [0.1, 0.15) is 11.7 Å². The summed E-state index contributed by atoms with van der Waals surface area (Å²) in [4.78, 5) is 15.0. The van der Waals surface area contributed by atoms with Gasteiger partial charge in [-0.2, -0.15) is 0 Å². The number of carbonyl (C=O) groups is 1. The molecule has 94 valence electrons. The summed E-state index contributed by atoms with van der Waals surface area (Å²) >= 11 is 0. The lowest BCUT2D eigenvalue weighted by Gasteiger charge is -2.22. The first-order valence-electron chi connectivity index (χ1n) is 5.96. The SMILES string of the molecule is COc1ccc2cc(C3NCCNC3=O)[nH]c2c1. The van der Waals surface area contributed by atoms with Crippen LogP contribution in [0, 0.1) is 0 Å². The van der Waals surface area contributed by atoms with Gasteiger partial charge in [-0.25, -0.2) is 0 Å². The molecule has 0 spiro atoms. The van der Waals surface area contributed by atoms with Crippen LogP contribution in [0.4, 0.5) is 0 Å². The van der Waals surface area contributed by atoms with Crippen molar-refractivity contribution in [3.63, 3.8) is 0 Å². The smallest absolute Gasteiger partial charge is 0.243 e. The molecule has 1 saturated heterocycles. The summed E-state index contributed by atoms with van der Waals surface area (Å²) < 4.78 is 5.18. The Balaban J connectivity index is 1.99. The molecule has 5 heteroatoms. The number of ether oxygens (including phenoxy) is 1. The Morgan fingerprint density at radius 2 is 2.17 bits per heavy atom. The number of piperazine rings is 1. The predicted octanol–water partition coefficient (Wildman–Crippen LogP) is 0.937. The van der Waals surface area contributed by atoms with Crippen molar-refractivity contribution in [2.45, 2.75) is 6.04 Å². The molecular weight excluding hydrogens is 230 g/mol. The summed E-state index contributed by atoms with van der Waals surface area (Å²) in [6, 6.07) is 7.53. The lowest BCUT2D eigenvalue weighted by molar-refractivity contribution is -0.124. The second-order valence-corrected chi connectivity index (χ2v) is 4.36. The van der Waals surface area contributed by atoms with Gasteiger partial charge in [0, 0.05) is 30.4 Å². The highest BCUT2D eigenvalue weighted by Gasteiger charge is 2.24. The second kappa shape index (κ2) is 4.34. The number of rotatable bonds is 2. The van der Waals surface area contributed by atoms with E-state index in [1.165, 1.54) is 0 Å². The van der Waals surface area contributed by atoms with Crippen LogP contribution in [-0.2, 0) is 4.79 Å². The number of amides is 1. The van der Waals surface area contributed by atoms with Crippen molar-refractivity contribution in [1.82, 2.24) is 15.6 Å². The molecule has 2 heterocycles. The summed E-state index contributed by atoms with van der Waals surface area (Å²) in [6.45, 7) is 1.47. The number of carbonyl (C=O) groups excluding carboxylic acids is 1. The minimum atomic E-state index is -0.294. The van der Waals surface area contributed by atoms with Gasteiger partial charge in [0.05, 0.1) is 7.11 Å². The molecule has 1 aliphatic rings. The Hall–Kier alpha value is -2.01. The van der Waals surface area contributed by atoms with Gasteiger partial charge < -0.3 is 15.0 Å². The van der Waals surface area contributed by atoms with E-state index < -0.39 is 0 Å². The van der Waals surface area contributed by atoms with Crippen LogP contribution in [0.15, 0.2) is 24.3 Å². The van der Waals surface area contributed by atoms with Gasteiger partial charge >= 0.3 is 0 Å². The van der Waals surface area contributed by atoms with Crippen LogP contribution in [0.5, 0.6) is 5.75 Å². The second-order valence-electron chi connectivity index (χ2n) is 4.36. The molecule has 1 aliphatic heterocycles. The molecule has 2 aromatic rings. The lowest BCUT2D eigenvalue weighted by Crippen LogP contribution is -2.47. The van der Waals surface area contributed by atoms with Gasteiger partial charge in [-0.05, 0) is 23.6 Å². The Morgan fingerprint density at radius 3 is 2.94 bits per heavy atom. The topological polar surface area (TPSA) is 66.2 Å². The highest BCUT2D eigenvalue weighted by Crippen LogP contribution is 2.24. The largest absolute Gasteiger partial charge is 0.497 e. The maximum Gasteiger partial charge on any atom is 0.243 e. The minimum Gasteiger partial charge on any atom is -0.497 e. The maximum absolute atomic E-state index is 11.8. The van der Waals surface area contributed by atoms with Gasteiger partial charge in [0.1, 0.15) is 11.8 Å². The molecule has 18 heavy (non-hydrogen) atoms. The van der Waals surface area contributed by atoms with Crippen molar-refractivity contribution in [2.24, 2.45) is 0 Å². The number of H-pyrrole nitrogens is 1. The summed E-state index contributed by atoms with van der Waals surface area (Å²) in [5.41, 5.74) is 1.86. The zero-order chi connectivity index (χ0) is 12.5. The van der Waals surface area contributed by atoms with Gasteiger partial charge in [0.2, 0.25) is 5.91 Å². The maximum atomic E-state index is 11.8. The van der Waals surface area contributed by atoms with Crippen LogP contribution >= 0.6 is 0 Å². The van der Waals surface area contributed by atoms with E-state index in [2.05, 4.69) is 15.6 Å². The first-order valence-corrected chi connectivity index (χ1v) is 5.96. The average Bonchev–Trinajstić information content (AvgIpc) is 2.81. The van der Waals surface area contributed by atoms with Crippen LogP contribution in [0.3, 0.4) is 0 Å². The zero-order valence-electron chi connectivity index (χ0n) is 10.1. The molecule has 3 rings (SSSR count). The van der Waals surface area contributed by atoms with Crippen molar-refractivity contribution in [3.8, 4) is 5.75 Å². The monoisotopic (exact) mass is 245 g/mol. The van der Waals surface area contributed by atoms with E-state index in [0.717, 1.165) is 28.9 Å². The number of hydrogen-bond donors (Lipinski definition) is 3. The van der Waals surface area contributed by atoms with Crippen molar-refractivity contribution >= 4 is 16.8 Å². The summed E-state index contributed by atoms with van der Waals surface area (Å²) in [5, 5.41) is 7.13. The van der Waals surface area contributed by atoms with E-state index in [4.69, 9.17) is 4.74 Å². The number of hydrogen-bond acceptors (Lipinski definition) is 3. The Morgan fingerprint density at radius 1 is 1.28 bits per heavy atom. The molecule has 1 amide bonds. The standard InChI is InChI=1S/C13H15N3O2/c1-18-9-3-2-8-6-11(16-10(8)7-9)12-13(17)15-5-4-14-12/h2-3,6-7,12,14,16H,4-5H2,1H3,(H,15,17). The van der Waals surface area contributed by atoms with E-state index in [1.54, 1.807) is 7.11 Å². The molecule has 0 radical (unpaired) electrons. The molecule has 1 fully saturated rings. The molecule has 1 unspecified atom stereocenters. The Kier molecular flexibility index (Phi) is 2.68. The summed E-state index contributed by atoms with van der Waals surface area (Å²) in [7, 11) is 1.64. The number of benzene rings is 1. The van der Waals surface area contributed by atoms with Crippen LogP contribution in [0.25, 0.3) is 10.9 Å².